The van der Waals surface area contributed by atoms with Crippen molar-refractivity contribution in [1.29, 1.82) is 0 Å². The van der Waals surface area contributed by atoms with E-state index in [0.717, 1.165) is 16.7 Å². The highest BCUT2D eigenvalue weighted by Gasteiger charge is 2.05. The van der Waals surface area contributed by atoms with Crippen LogP contribution in [-0.4, -0.2) is 11.1 Å². The van der Waals surface area contributed by atoms with Crippen molar-refractivity contribution in [1.82, 2.24) is 0 Å². The molecular weight excluding hydrogens is 248 g/mol. The Bertz CT molecular complexity index is 770. The van der Waals surface area contributed by atoms with Gasteiger partial charge in [0.2, 0.25) is 0 Å². The van der Waals surface area contributed by atoms with Crippen LogP contribution in [0, 0.1) is 0 Å². The van der Waals surface area contributed by atoms with E-state index in [0.29, 0.717) is 0 Å². The lowest BCUT2D eigenvalue weighted by molar-refractivity contribution is -0.136. The summed E-state index contributed by atoms with van der Waals surface area (Å²) in [6.45, 7) is 0. The number of hydrogen-bond donors (Lipinski definition) is 1. The van der Waals surface area contributed by atoms with Gasteiger partial charge in [-0.3, -0.25) is 4.79 Å². The minimum absolute atomic E-state index is 0.0542. The van der Waals surface area contributed by atoms with Crippen molar-refractivity contribution in [2.75, 3.05) is 0 Å². The number of hydrogen-bond acceptors (Lipinski definition) is 1. The molecule has 0 radical (unpaired) electrons. The first-order chi connectivity index (χ1) is 9.74. The minimum atomic E-state index is -0.805. The fourth-order valence-electron chi connectivity index (χ4n) is 2.50. The number of benzene rings is 3. The summed E-state index contributed by atoms with van der Waals surface area (Å²) >= 11 is 0. The average Bonchev–Trinajstić information content (AvgIpc) is 2.46. The zero-order valence-corrected chi connectivity index (χ0v) is 10.9. The summed E-state index contributed by atoms with van der Waals surface area (Å²) in [7, 11) is 0. The third kappa shape index (κ3) is 2.41. The van der Waals surface area contributed by atoms with Crippen LogP contribution >= 0.6 is 0 Å². The molecule has 98 valence electrons. The van der Waals surface area contributed by atoms with Gasteiger partial charge < -0.3 is 5.11 Å². The molecule has 0 heterocycles. The molecule has 0 unspecified atom stereocenters. The van der Waals surface area contributed by atoms with Crippen molar-refractivity contribution in [2.24, 2.45) is 0 Å². The molecule has 0 spiro atoms. The van der Waals surface area contributed by atoms with E-state index in [9.17, 15) is 4.79 Å². The molecule has 0 aliphatic rings. The van der Waals surface area contributed by atoms with E-state index in [2.05, 4.69) is 24.3 Å². The van der Waals surface area contributed by atoms with Crippen molar-refractivity contribution in [2.45, 2.75) is 6.42 Å². The van der Waals surface area contributed by atoms with E-state index in [1.54, 1.807) is 0 Å². The van der Waals surface area contributed by atoms with Gasteiger partial charge in [-0.05, 0) is 27.5 Å². The minimum Gasteiger partial charge on any atom is -0.481 e. The van der Waals surface area contributed by atoms with Gasteiger partial charge in [0, 0.05) is 0 Å². The molecule has 3 aromatic carbocycles. The number of aliphatic carboxylic acids is 1. The van der Waals surface area contributed by atoms with Gasteiger partial charge in [-0.2, -0.15) is 0 Å². The molecule has 0 atom stereocenters. The zero-order chi connectivity index (χ0) is 13.9. The molecule has 0 saturated heterocycles. The lowest BCUT2D eigenvalue weighted by Gasteiger charge is -2.08. The SMILES string of the molecule is O=C(O)Cc1cccc(-c2cccc3ccccc23)c1. The molecule has 0 aliphatic heterocycles. The summed E-state index contributed by atoms with van der Waals surface area (Å²) in [6, 6.07) is 22.1. The number of carboxylic acids is 1. The van der Waals surface area contributed by atoms with Crippen LogP contribution < -0.4 is 0 Å². The van der Waals surface area contributed by atoms with Crippen LogP contribution in [0.1, 0.15) is 5.56 Å². The Labute approximate surface area is 117 Å². The molecule has 2 nitrogen and oxygen atoms in total. The smallest absolute Gasteiger partial charge is 0.307 e. The molecule has 1 N–H and O–H groups in total. The molecule has 0 aromatic heterocycles. The van der Waals surface area contributed by atoms with E-state index < -0.39 is 5.97 Å². The maximum absolute atomic E-state index is 10.8. The summed E-state index contributed by atoms with van der Waals surface area (Å²) < 4.78 is 0. The van der Waals surface area contributed by atoms with Gasteiger partial charge in [-0.25, -0.2) is 0 Å². The van der Waals surface area contributed by atoms with E-state index in [1.807, 2.05) is 42.5 Å². The second kappa shape index (κ2) is 5.17. The van der Waals surface area contributed by atoms with Crippen LogP contribution in [0.4, 0.5) is 0 Å². The van der Waals surface area contributed by atoms with Crippen molar-refractivity contribution < 1.29 is 9.90 Å². The normalized spacial score (nSPS) is 10.6. The Morgan fingerprint density at radius 1 is 0.900 bits per heavy atom. The molecule has 0 saturated carbocycles. The van der Waals surface area contributed by atoms with Crippen LogP contribution in [0.5, 0.6) is 0 Å². The maximum Gasteiger partial charge on any atom is 0.307 e. The quantitative estimate of drug-likeness (QED) is 0.770. The molecule has 3 aromatic rings. The number of carboxylic acid groups (broad SMARTS) is 1. The molecule has 0 amide bonds. The van der Waals surface area contributed by atoms with Crippen molar-refractivity contribution in [3.05, 3.63) is 72.3 Å². The fraction of sp³-hybridized carbons (Fsp3) is 0.0556. The summed E-state index contributed by atoms with van der Waals surface area (Å²) in [5.74, 6) is -0.805. The van der Waals surface area contributed by atoms with E-state index >= 15 is 0 Å². The Kier molecular flexibility index (Phi) is 3.21. The highest BCUT2D eigenvalue weighted by Crippen LogP contribution is 2.29. The van der Waals surface area contributed by atoms with Crippen LogP contribution in [-0.2, 0) is 11.2 Å². The van der Waals surface area contributed by atoms with Crippen LogP contribution in [0.2, 0.25) is 0 Å². The van der Waals surface area contributed by atoms with Crippen LogP contribution in [0.15, 0.2) is 66.7 Å². The maximum atomic E-state index is 10.8. The molecule has 2 heteroatoms. The standard InChI is InChI=1S/C18H14O2/c19-18(20)12-13-5-3-8-15(11-13)17-10-4-7-14-6-1-2-9-16(14)17/h1-11H,12H2,(H,19,20). The van der Waals surface area contributed by atoms with Gasteiger partial charge in [0.25, 0.3) is 0 Å². The van der Waals surface area contributed by atoms with Crippen LogP contribution in [0.3, 0.4) is 0 Å². The summed E-state index contributed by atoms with van der Waals surface area (Å²) in [6.07, 6.45) is 0.0542. The average molecular weight is 262 g/mol. The number of fused-ring (bicyclic) bond motifs is 1. The van der Waals surface area contributed by atoms with Crippen molar-refractivity contribution in [3.63, 3.8) is 0 Å². The van der Waals surface area contributed by atoms with Gasteiger partial charge in [0.1, 0.15) is 0 Å². The summed E-state index contributed by atoms with van der Waals surface area (Å²) in [4.78, 5) is 10.8. The van der Waals surface area contributed by atoms with E-state index in [1.165, 1.54) is 10.8 Å². The lowest BCUT2D eigenvalue weighted by Crippen LogP contribution is -1.99. The fourth-order valence-corrected chi connectivity index (χ4v) is 2.50. The molecule has 0 aliphatic carbocycles. The third-order valence-electron chi connectivity index (χ3n) is 3.38. The number of rotatable bonds is 3. The van der Waals surface area contributed by atoms with Gasteiger partial charge >= 0.3 is 5.97 Å². The molecule has 20 heavy (non-hydrogen) atoms. The Balaban J connectivity index is 2.13. The predicted octanol–water partition coefficient (Wildman–Crippen LogP) is 4.13. The van der Waals surface area contributed by atoms with E-state index in [-0.39, 0.29) is 6.42 Å². The second-order valence-corrected chi connectivity index (χ2v) is 4.80. The van der Waals surface area contributed by atoms with Gasteiger partial charge in [0.05, 0.1) is 6.42 Å². The largest absolute Gasteiger partial charge is 0.481 e. The molecule has 0 fully saturated rings. The zero-order valence-electron chi connectivity index (χ0n) is 10.9. The summed E-state index contributed by atoms with van der Waals surface area (Å²) in [5, 5.41) is 11.3. The second-order valence-electron chi connectivity index (χ2n) is 4.80. The highest BCUT2D eigenvalue weighted by molar-refractivity contribution is 5.96. The number of carbonyl (C=O) groups is 1. The van der Waals surface area contributed by atoms with Gasteiger partial charge in [-0.15, -0.1) is 0 Å². The predicted molar refractivity (Wildman–Crippen MR) is 80.7 cm³/mol. The monoisotopic (exact) mass is 262 g/mol. The lowest BCUT2D eigenvalue weighted by atomic mass is 9.96. The first-order valence-electron chi connectivity index (χ1n) is 6.53. The molecule has 0 bridgehead atoms. The van der Waals surface area contributed by atoms with Gasteiger partial charge in [0.15, 0.2) is 0 Å². The Morgan fingerprint density at radius 2 is 1.65 bits per heavy atom. The van der Waals surface area contributed by atoms with E-state index in [4.69, 9.17) is 5.11 Å². The van der Waals surface area contributed by atoms with Crippen LogP contribution in [0.25, 0.3) is 21.9 Å². The highest BCUT2D eigenvalue weighted by atomic mass is 16.4. The molecular formula is C18H14O2. The first kappa shape index (κ1) is 12.4. The topological polar surface area (TPSA) is 37.3 Å². The molecule has 3 rings (SSSR count). The van der Waals surface area contributed by atoms with Crippen molar-refractivity contribution >= 4 is 16.7 Å². The first-order valence-corrected chi connectivity index (χ1v) is 6.53. The Hall–Kier alpha value is -2.61. The van der Waals surface area contributed by atoms with Crippen molar-refractivity contribution in [3.8, 4) is 11.1 Å². The summed E-state index contributed by atoms with van der Waals surface area (Å²) in [5.41, 5.74) is 3.01. The van der Waals surface area contributed by atoms with Gasteiger partial charge in [-0.1, -0.05) is 66.7 Å². The Morgan fingerprint density at radius 3 is 2.50 bits per heavy atom. The third-order valence-corrected chi connectivity index (χ3v) is 3.38.